The van der Waals surface area contributed by atoms with E-state index in [9.17, 15) is 27.5 Å². The van der Waals surface area contributed by atoms with Gasteiger partial charge in [0, 0.05) is 0 Å². The number of aromatic nitrogens is 1. The summed E-state index contributed by atoms with van der Waals surface area (Å²) in [7, 11) is 0. The molecule has 0 aliphatic rings. The van der Waals surface area contributed by atoms with E-state index >= 15 is 0 Å². The van der Waals surface area contributed by atoms with Crippen molar-refractivity contribution >= 4 is 34.9 Å². The van der Waals surface area contributed by atoms with E-state index < -0.39 is 29.2 Å². The molecule has 0 unspecified atom stereocenters. The summed E-state index contributed by atoms with van der Waals surface area (Å²) in [6.45, 7) is 0.521. The number of nitrogens with one attached hydrogen (secondary N) is 2. The number of carbonyl (C=O) groups is 1. The van der Waals surface area contributed by atoms with Crippen LogP contribution < -0.4 is 10.6 Å². The average molecular weight is 426 g/mol. The van der Waals surface area contributed by atoms with E-state index in [1.165, 1.54) is 12.1 Å². The van der Waals surface area contributed by atoms with Gasteiger partial charge in [-0.25, -0.2) is 9.18 Å². The van der Waals surface area contributed by atoms with Crippen molar-refractivity contribution in [3.8, 4) is 0 Å². The summed E-state index contributed by atoms with van der Waals surface area (Å²) in [6, 6.07) is 3.49. The Labute approximate surface area is 161 Å². The minimum absolute atomic E-state index is 0.0395. The number of benzene rings is 1. The van der Waals surface area contributed by atoms with E-state index in [1.54, 1.807) is 0 Å². The van der Waals surface area contributed by atoms with Crippen LogP contribution >= 0.6 is 23.2 Å². The zero-order valence-electron chi connectivity index (χ0n) is 13.7. The maximum Gasteiger partial charge on any atom is 0.421 e. The van der Waals surface area contributed by atoms with Crippen LogP contribution in [-0.2, 0) is 12.1 Å². The Bertz CT molecular complexity index is 820. The van der Waals surface area contributed by atoms with Gasteiger partial charge in [-0.1, -0.05) is 23.2 Å². The predicted octanol–water partition coefficient (Wildman–Crippen LogP) is 4.62. The lowest BCUT2D eigenvalue weighted by Gasteiger charge is -2.27. The first-order valence-corrected chi connectivity index (χ1v) is 8.11. The summed E-state index contributed by atoms with van der Waals surface area (Å²) < 4.78 is 51.6. The molecule has 1 heterocycles. The van der Waals surface area contributed by atoms with Gasteiger partial charge in [0.2, 0.25) is 0 Å². The molecule has 1 aromatic carbocycles. The van der Waals surface area contributed by atoms with Crippen molar-refractivity contribution in [1.29, 1.82) is 0 Å². The molecule has 0 saturated carbocycles. The first-order chi connectivity index (χ1) is 12.4. The minimum Gasteiger partial charge on any atom is -0.376 e. The molecule has 5 nitrogen and oxygen atoms in total. The Hall–Kier alpha value is -2.10. The standard InChI is InChI=1S/C16H13Cl2F4N3O2/c1-15(27,16(20,21)22)8-4-11(17)13(12(18)5-8)25-14(26)24-7-10-3-2-9(19)6-23-10/h2-6,27H,7H2,1H3,(H2,24,25,26)/t15-/m1/s1. The first kappa shape index (κ1) is 21.2. The van der Waals surface area contributed by atoms with Gasteiger partial charge in [-0.3, -0.25) is 4.98 Å². The van der Waals surface area contributed by atoms with Gasteiger partial charge in [-0.2, -0.15) is 13.2 Å². The van der Waals surface area contributed by atoms with E-state index in [1.807, 2.05) is 0 Å². The zero-order valence-corrected chi connectivity index (χ0v) is 15.2. The quantitative estimate of drug-likeness (QED) is 0.625. The van der Waals surface area contributed by atoms with E-state index in [0.29, 0.717) is 12.6 Å². The van der Waals surface area contributed by atoms with Gasteiger partial charge in [0.25, 0.3) is 0 Å². The highest BCUT2D eigenvalue weighted by Gasteiger charge is 2.51. The van der Waals surface area contributed by atoms with Crippen molar-refractivity contribution in [1.82, 2.24) is 10.3 Å². The van der Waals surface area contributed by atoms with Crippen molar-refractivity contribution < 1.29 is 27.5 Å². The molecule has 2 rings (SSSR count). The van der Waals surface area contributed by atoms with E-state index in [4.69, 9.17) is 23.2 Å². The lowest BCUT2D eigenvalue weighted by molar-refractivity contribution is -0.258. The molecule has 2 aromatic rings. The van der Waals surface area contributed by atoms with Gasteiger partial charge in [0.15, 0.2) is 5.60 Å². The third-order valence-electron chi connectivity index (χ3n) is 3.61. The summed E-state index contributed by atoms with van der Waals surface area (Å²) in [4.78, 5) is 15.7. The minimum atomic E-state index is -4.95. The number of carbonyl (C=O) groups excluding carboxylic acids is 1. The van der Waals surface area contributed by atoms with Crippen LogP contribution in [0.4, 0.5) is 28.0 Å². The van der Waals surface area contributed by atoms with Crippen LogP contribution in [0.1, 0.15) is 18.2 Å². The number of hydrogen-bond acceptors (Lipinski definition) is 3. The molecule has 1 aromatic heterocycles. The lowest BCUT2D eigenvalue weighted by Crippen LogP contribution is -2.39. The Kier molecular flexibility index (Phi) is 6.18. The zero-order chi connectivity index (χ0) is 20.4. The highest BCUT2D eigenvalue weighted by molar-refractivity contribution is 6.39. The highest BCUT2D eigenvalue weighted by Crippen LogP contribution is 2.42. The predicted molar refractivity (Wildman–Crippen MR) is 92.1 cm³/mol. The number of alkyl halides is 3. The Morgan fingerprint density at radius 1 is 1.22 bits per heavy atom. The number of amides is 2. The number of hydrogen-bond donors (Lipinski definition) is 3. The molecule has 3 N–H and O–H groups in total. The van der Waals surface area contributed by atoms with Crippen molar-refractivity contribution in [2.45, 2.75) is 25.2 Å². The highest BCUT2D eigenvalue weighted by atomic mass is 35.5. The van der Waals surface area contributed by atoms with Crippen LogP contribution in [0.25, 0.3) is 0 Å². The number of nitrogens with zero attached hydrogens (tertiary/aromatic N) is 1. The fourth-order valence-corrected chi connectivity index (χ4v) is 2.56. The maximum absolute atomic E-state index is 12.9. The number of aliphatic hydroxyl groups is 1. The molecular formula is C16H13Cl2F4N3O2. The van der Waals surface area contributed by atoms with Crippen LogP contribution in [0.5, 0.6) is 0 Å². The first-order valence-electron chi connectivity index (χ1n) is 7.35. The normalized spacial score (nSPS) is 13.8. The van der Waals surface area contributed by atoms with Crippen LogP contribution in [-0.4, -0.2) is 22.3 Å². The second-order valence-corrected chi connectivity index (χ2v) is 6.47. The third kappa shape index (κ3) is 5.00. The second kappa shape index (κ2) is 7.87. The number of urea groups is 1. The molecule has 11 heteroatoms. The summed E-state index contributed by atoms with van der Waals surface area (Å²) in [5.74, 6) is -0.531. The smallest absolute Gasteiger partial charge is 0.376 e. The van der Waals surface area contributed by atoms with Crippen LogP contribution in [0, 0.1) is 5.82 Å². The molecule has 0 spiro atoms. The van der Waals surface area contributed by atoms with Crippen LogP contribution in [0.3, 0.4) is 0 Å². The van der Waals surface area contributed by atoms with Gasteiger partial charge in [0.1, 0.15) is 5.82 Å². The Morgan fingerprint density at radius 2 is 1.81 bits per heavy atom. The second-order valence-electron chi connectivity index (χ2n) is 5.66. The van der Waals surface area contributed by atoms with Crippen molar-refractivity contribution in [2.75, 3.05) is 5.32 Å². The molecule has 2 amide bonds. The molecule has 0 saturated heterocycles. The van der Waals surface area contributed by atoms with Crippen molar-refractivity contribution in [3.05, 3.63) is 57.6 Å². The lowest BCUT2D eigenvalue weighted by atomic mass is 9.95. The van der Waals surface area contributed by atoms with Crippen LogP contribution in [0.15, 0.2) is 30.5 Å². The maximum atomic E-state index is 12.9. The number of anilines is 1. The average Bonchev–Trinajstić information content (AvgIpc) is 2.56. The van der Waals surface area contributed by atoms with Crippen molar-refractivity contribution in [3.63, 3.8) is 0 Å². The molecule has 1 atom stereocenters. The summed E-state index contributed by atoms with van der Waals surface area (Å²) in [6.07, 6.45) is -3.97. The van der Waals surface area contributed by atoms with Gasteiger partial charge < -0.3 is 15.7 Å². The number of pyridine rings is 1. The Balaban J connectivity index is 2.12. The van der Waals surface area contributed by atoms with E-state index in [0.717, 1.165) is 18.3 Å². The van der Waals surface area contributed by atoms with Gasteiger partial charge in [-0.05, 0) is 36.8 Å². The molecule has 0 aliphatic heterocycles. The fraction of sp³-hybridized carbons (Fsp3) is 0.250. The summed E-state index contributed by atoms with van der Waals surface area (Å²) in [5, 5.41) is 13.8. The molecule has 0 bridgehead atoms. The summed E-state index contributed by atoms with van der Waals surface area (Å²) >= 11 is 11.8. The van der Waals surface area contributed by atoms with Crippen LogP contribution in [0.2, 0.25) is 10.0 Å². The molecule has 27 heavy (non-hydrogen) atoms. The third-order valence-corrected chi connectivity index (χ3v) is 4.21. The van der Waals surface area contributed by atoms with Gasteiger partial charge >= 0.3 is 12.2 Å². The van der Waals surface area contributed by atoms with E-state index in [-0.39, 0.29) is 22.3 Å². The summed E-state index contributed by atoms with van der Waals surface area (Å²) in [5.41, 5.74) is -3.51. The molecule has 0 aliphatic carbocycles. The van der Waals surface area contributed by atoms with Crippen molar-refractivity contribution in [2.24, 2.45) is 0 Å². The number of rotatable bonds is 4. The molecule has 0 fully saturated rings. The fourth-order valence-electron chi connectivity index (χ4n) is 1.98. The molecular weight excluding hydrogens is 413 g/mol. The topological polar surface area (TPSA) is 74.2 Å². The molecule has 0 radical (unpaired) electrons. The van der Waals surface area contributed by atoms with E-state index in [2.05, 4.69) is 15.6 Å². The monoisotopic (exact) mass is 425 g/mol. The largest absolute Gasteiger partial charge is 0.421 e. The molecule has 146 valence electrons. The number of halogens is 6. The Morgan fingerprint density at radius 3 is 2.30 bits per heavy atom. The van der Waals surface area contributed by atoms with Gasteiger partial charge in [-0.15, -0.1) is 0 Å². The SMILES string of the molecule is C[C@@](O)(c1cc(Cl)c(NC(=O)NCc2ccc(F)cn2)c(Cl)c1)C(F)(F)F. The van der Waals surface area contributed by atoms with Gasteiger partial charge in [0.05, 0.1) is 34.2 Å².